The van der Waals surface area contributed by atoms with Crippen LogP contribution in [-0.4, -0.2) is 10.9 Å². The second kappa shape index (κ2) is 7.38. The van der Waals surface area contributed by atoms with Crippen molar-refractivity contribution >= 4 is 22.4 Å². The van der Waals surface area contributed by atoms with Crippen LogP contribution in [0.5, 0.6) is 0 Å². The summed E-state index contributed by atoms with van der Waals surface area (Å²) in [4.78, 5) is 19.0. The van der Waals surface area contributed by atoms with Gasteiger partial charge in [-0.15, -0.1) is 0 Å². The van der Waals surface area contributed by atoms with Crippen LogP contribution < -0.4 is 4.90 Å². The van der Waals surface area contributed by atoms with Gasteiger partial charge in [0.15, 0.2) is 0 Å². The van der Waals surface area contributed by atoms with Crippen LogP contribution in [0.4, 0.5) is 10.1 Å². The lowest BCUT2D eigenvalue weighted by molar-refractivity contribution is 0.0985. The second-order valence-corrected chi connectivity index (χ2v) is 6.29. The van der Waals surface area contributed by atoms with Crippen molar-refractivity contribution in [1.29, 1.82) is 0 Å². The van der Waals surface area contributed by atoms with E-state index in [1.165, 1.54) is 12.1 Å². The van der Waals surface area contributed by atoms with Crippen molar-refractivity contribution in [3.8, 4) is 0 Å². The number of nitrogens with zero attached hydrogens (tertiary/aromatic N) is 2. The molecule has 0 spiro atoms. The molecule has 0 aliphatic carbocycles. The highest BCUT2D eigenvalue weighted by atomic mass is 19.1. The number of hydrogen-bond acceptors (Lipinski definition) is 2. The Balaban J connectivity index is 1.73. The zero-order chi connectivity index (χ0) is 18.6. The SMILES string of the molecule is O=C(c1ccc2ccccc2c1)N(Cc1ccncc1)c1ccc(F)cc1. The van der Waals surface area contributed by atoms with Crippen molar-refractivity contribution in [3.63, 3.8) is 0 Å². The molecule has 4 rings (SSSR count). The Hall–Kier alpha value is -3.53. The van der Waals surface area contributed by atoms with Gasteiger partial charge in [0.05, 0.1) is 6.54 Å². The van der Waals surface area contributed by atoms with Gasteiger partial charge in [0, 0.05) is 23.6 Å². The van der Waals surface area contributed by atoms with Gasteiger partial charge in [0.2, 0.25) is 0 Å². The highest BCUT2D eigenvalue weighted by Gasteiger charge is 2.18. The summed E-state index contributed by atoms with van der Waals surface area (Å²) in [6.45, 7) is 0.375. The first kappa shape index (κ1) is 16.9. The van der Waals surface area contributed by atoms with Crippen molar-refractivity contribution in [1.82, 2.24) is 4.98 Å². The third-order valence-corrected chi connectivity index (χ3v) is 4.47. The van der Waals surface area contributed by atoms with Gasteiger partial charge >= 0.3 is 0 Å². The minimum atomic E-state index is -0.333. The molecule has 0 saturated heterocycles. The Morgan fingerprint density at radius 3 is 2.30 bits per heavy atom. The molecule has 3 aromatic carbocycles. The van der Waals surface area contributed by atoms with Crippen LogP contribution in [-0.2, 0) is 6.54 Å². The number of carbonyl (C=O) groups excluding carboxylic acids is 1. The molecule has 0 fully saturated rings. The fourth-order valence-electron chi connectivity index (χ4n) is 3.05. The Morgan fingerprint density at radius 2 is 1.56 bits per heavy atom. The summed E-state index contributed by atoms with van der Waals surface area (Å²) in [7, 11) is 0. The first-order valence-corrected chi connectivity index (χ1v) is 8.66. The Morgan fingerprint density at radius 1 is 0.852 bits per heavy atom. The third-order valence-electron chi connectivity index (χ3n) is 4.47. The van der Waals surface area contributed by atoms with Gasteiger partial charge < -0.3 is 4.90 Å². The first-order chi connectivity index (χ1) is 13.2. The van der Waals surface area contributed by atoms with Crippen LogP contribution in [0.15, 0.2) is 91.3 Å². The standard InChI is InChI=1S/C23H17FN2O/c24-21-7-9-22(10-8-21)26(16-17-11-13-25-14-12-17)23(27)20-6-5-18-3-1-2-4-19(18)15-20/h1-15H,16H2. The zero-order valence-corrected chi connectivity index (χ0v) is 14.5. The molecule has 0 radical (unpaired) electrons. The average Bonchev–Trinajstić information content (AvgIpc) is 2.73. The predicted octanol–water partition coefficient (Wildman–Crippen LogP) is 5.22. The monoisotopic (exact) mass is 356 g/mol. The molecule has 1 aromatic heterocycles. The van der Waals surface area contributed by atoms with E-state index in [1.807, 2.05) is 54.6 Å². The van der Waals surface area contributed by atoms with Crippen molar-refractivity contribution in [2.75, 3.05) is 4.90 Å². The molecule has 27 heavy (non-hydrogen) atoms. The van der Waals surface area contributed by atoms with Crippen LogP contribution in [0.3, 0.4) is 0 Å². The summed E-state index contributed by atoms with van der Waals surface area (Å²) in [5.41, 5.74) is 2.18. The van der Waals surface area contributed by atoms with Gasteiger partial charge in [-0.05, 0) is 64.9 Å². The fraction of sp³-hybridized carbons (Fsp3) is 0.0435. The molecule has 132 valence electrons. The molecule has 0 atom stereocenters. The van der Waals surface area contributed by atoms with Crippen molar-refractivity contribution in [3.05, 3.63) is 108 Å². The summed E-state index contributed by atoms with van der Waals surface area (Å²) in [6.07, 6.45) is 3.39. The maximum absolute atomic E-state index is 13.4. The Labute approximate surface area is 156 Å². The topological polar surface area (TPSA) is 33.2 Å². The zero-order valence-electron chi connectivity index (χ0n) is 14.5. The van der Waals surface area contributed by atoms with Crippen molar-refractivity contribution < 1.29 is 9.18 Å². The molecule has 4 aromatic rings. The summed E-state index contributed by atoms with van der Waals surface area (Å²) in [5, 5.41) is 2.09. The molecule has 0 aliphatic heterocycles. The fourth-order valence-corrected chi connectivity index (χ4v) is 3.05. The lowest BCUT2D eigenvalue weighted by Crippen LogP contribution is -2.30. The van der Waals surface area contributed by atoms with Crippen molar-refractivity contribution in [2.24, 2.45) is 0 Å². The highest BCUT2D eigenvalue weighted by Crippen LogP contribution is 2.23. The van der Waals surface area contributed by atoms with Gasteiger partial charge in [0.1, 0.15) is 5.82 Å². The Kier molecular flexibility index (Phi) is 4.62. The maximum Gasteiger partial charge on any atom is 0.258 e. The van der Waals surface area contributed by atoms with E-state index in [0.717, 1.165) is 16.3 Å². The number of rotatable bonds is 4. The van der Waals surface area contributed by atoms with E-state index in [9.17, 15) is 9.18 Å². The number of benzene rings is 3. The van der Waals surface area contributed by atoms with Gasteiger partial charge in [-0.1, -0.05) is 30.3 Å². The maximum atomic E-state index is 13.4. The number of anilines is 1. The molecule has 0 unspecified atom stereocenters. The van der Waals surface area contributed by atoms with E-state index in [2.05, 4.69) is 4.98 Å². The van der Waals surface area contributed by atoms with E-state index in [-0.39, 0.29) is 11.7 Å². The number of pyridine rings is 1. The van der Waals surface area contributed by atoms with E-state index < -0.39 is 0 Å². The lowest BCUT2D eigenvalue weighted by atomic mass is 10.1. The number of carbonyl (C=O) groups is 1. The normalized spacial score (nSPS) is 10.7. The molecule has 0 saturated carbocycles. The highest BCUT2D eigenvalue weighted by molar-refractivity contribution is 6.08. The molecular formula is C23H17FN2O. The quantitative estimate of drug-likeness (QED) is 0.502. The smallest absolute Gasteiger partial charge is 0.258 e. The summed E-state index contributed by atoms with van der Waals surface area (Å²) in [5.74, 6) is -0.468. The van der Waals surface area contributed by atoms with Gasteiger partial charge in [-0.25, -0.2) is 4.39 Å². The first-order valence-electron chi connectivity index (χ1n) is 8.66. The summed E-state index contributed by atoms with van der Waals surface area (Å²) >= 11 is 0. The average molecular weight is 356 g/mol. The van der Waals surface area contributed by atoms with Gasteiger partial charge in [-0.3, -0.25) is 9.78 Å². The number of fused-ring (bicyclic) bond motifs is 1. The van der Waals surface area contributed by atoms with E-state index in [1.54, 1.807) is 29.4 Å². The van der Waals surface area contributed by atoms with Crippen LogP contribution >= 0.6 is 0 Å². The van der Waals surface area contributed by atoms with Crippen LogP contribution in [0.1, 0.15) is 15.9 Å². The van der Waals surface area contributed by atoms with Crippen LogP contribution in [0.25, 0.3) is 10.8 Å². The molecule has 0 aliphatic rings. The summed E-state index contributed by atoms with van der Waals surface area (Å²) < 4.78 is 13.4. The van der Waals surface area contributed by atoms with Gasteiger partial charge in [-0.2, -0.15) is 0 Å². The van der Waals surface area contributed by atoms with E-state index in [0.29, 0.717) is 17.8 Å². The van der Waals surface area contributed by atoms with Gasteiger partial charge in [0.25, 0.3) is 5.91 Å². The number of hydrogen-bond donors (Lipinski definition) is 0. The number of aromatic nitrogens is 1. The molecule has 3 nitrogen and oxygen atoms in total. The van der Waals surface area contributed by atoms with Crippen LogP contribution in [0.2, 0.25) is 0 Å². The van der Waals surface area contributed by atoms with Crippen LogP contribution in [0, 0.1) is 5.82 Å². The summed E-state index contributed by atoms with van der Waals surface area (Å²) in [6, 6.07) is 23.3. The molecule has 0 N–H and O–H groups in total. The molecule has 0 bridgehead atoms. The van der Waals surface area contributed by atoms with E-state index >= 15 is 0 Å². The lowest BCUT2D eigenvalue weighted by Gasteiger charge is -2.23. The second-order valence-electron chi connectivity index (χ2n) is 6.29. The van der Waals surface area contributed by atoms with E-state index in [4.69, 9.17) is 0 Å². The minimum Gasteiger partial charge on any atom is -0.304 e. The number of amides is 1. The largest absolute Gasteiger partial charge is 0.304 e. The molecular weight excluding hydrogens is 339 g/mol. The predicted molar refractivity (Wildman–Crippen MR) is 105 cm³/mol. The number of halogens is 1. The molecule has 1 heterocycles. The molecule has 4 heteroatoms. The third kappa shape index (κ3) is 3.70. The minimum absolute atomic E-state index is 0.135. The Bertz CT molecular complexity index is 1080. The van der Waals surface area contributed by atoms with Crippen molar-refractivity contribution in [2.45, 2.75) is 6.54 Å². The molecule has 1 amide bonds.